The van der Waals surface area contributed by atoms with Crippen LogP contribution < -0.4 is 4.90 Å². The van der Waals surface area contributed by atoms with Crippen LogP contribution in [-0.2, 0) is 0 Å². The summed E-state index contributed by atoms with van der Waals surface area (Å²) in [5.74, 6) is 1.57. The van der Waals surface area contributed by atoms with Gasteiger partial charge < -0.3 is 10.0 Å². The van der Waals surface area contributed by atoms with Gasteiger partial charge in [-0.15, -0.1) is 0 Å². The first kappa shape index (κ1) is 11.4. The van der Waals surface area contributed by atoms with Crippen molar-refractivity contribution in [3.8, 4) is 0 Å². The SMILES string of the molecule is Cc1ccc(N2CCC(CO)CC2)nc1C. The lowest BCUT2D eigenvalue weighted by molar-refractivity contribution is 0.203. The van der Waals surface area contributed by atoms with Crippen LogP contribution in [0.2, 0.25) is 0 Å². The Labute approximate surface area is 97.1 Å². The molecule has 1 aromatic heterocycles. The standard InChI is InChI=1S/C13H20N2O/c1-10-3-4-13(14-11(10)2)15-7-5-12(9-16)6-8-15/h3-4,12,16H,5-9H2,1-2H3. The zero-order valence-electron chi connectivity index (χ0n) is 10.1. The lowest BCUT2D eigenvalue weighted by atomic mass is 9.98. The van der Waals surface area contributed by atoms with E-state index in [4.69, 9.17) is 5.11 Å². The third-order valence-corrected chi connectivity index (χ3v) is 3.53. The van der Waals surface area contributed by atoms with Gasteiger partial charge in [0.1, 0.15) is 5.82 Å². The Morgan fingerprint density at radius 1 is 1.31 bits per heavy atom. The molecule has 3 nitrogen and oxygen atoms in total. The molecule has 1 saturated heterocycles. The molecule has 88 valence electrons. The molecule has 1 aliphatic rings. The van der Waals surface area contributed by atoms with Crippen molar-refractivity contribution in [1.82, 2.24) is 4.98 Å². The third-order valence-electron chi connectivity index (χ3n) is 3.53. The van der Waals surface area contributed by atoms with Gasteiger partial charge in [-0.05, 0) is 44.2 Å². The molecule has 0 spiro atoms. The maximum Gasteiger partial charge on any atom is 0.128 e. The highest BCUT2D eigenvalue weighted by Crippen LogP contribution is 2.22. The van der Waals surface area contributed by atoms with Crippen molar-refractivity contribution in [3.05, 3.63) is 23.4 Å². The number of aliphatic hydroxyl groups is 1. The minimum absolute atomic E-state index is 0.328. The predicted molar refractivity (Wildman–Crippen MR) is 65.7 cm³/mol. The molecular weight excluding hydrogens is 200 g/mol. The van der Waals surface area contributed by atoms with Crippen molar-refractivity contribution >= 4 is 5.82 Å². The zero-order valence-corrected chi connectivity index (χ0v) is 10.1. The van der Waals surface area contributed by atoms with Crippen molar-refractivity contribution in [3.63, 3.8) is 0 Å². The number of anilines is 1. The van der Waals surface area contributed by atoms with Crippen LogP contribution in [0.3, 0.4) is 0 Å². The number of piperidine rings is 1. The lowest BCUT2D eigenvalue weighted by Crippen LogP contribution is -2.35. The summed E-state index contributed by atoms with van der Waals surface area (Å²) in [7, 11) is 0. The van der Waals surface area contributed by atoms with Gasteiger partial charge in [0, 0.05) is 25.4 Å². The molecule has 2 rings (SSSR count). The monoisotopic (exact) mass is 220 g/mol. The van der Waals surface area contributed by atoms with Gasteiger partial charge in [0.25, 0.3) is 0 Å². The van der Waals surface area contributed by atoms with Gasteiger partial charge in [0.2, 0.25) is 0 Å². The van der Waals surface area contributed by atoms with Gasteiger partial charge in [-0.3, -0.25) is 0 Å². The number of pyridine rings is 1. The first-order valence-corrected chi connectivity index (χ1v) is 6.00. The third kappa shape index (κ3) is 2.35. The van der Waals surface area contributed by atoms with Gasteiger partial charge in [-0.1, -0.05) is 6.07 Å². The van der Waals surface area contributed by atoms with Crippen LogP contribution in [0.4, 0.5) is 5.82 Å². The summed E-state index contributed by atoms with van der Waals surface area (Å²) < 4.78 is 0. The molecular formula is C13H20N2O. The lowest BCUT2D eigenvalue weighted by Gasteiger charge is -2.32. The summed E-state index contributed by atoms with van der Waals surface area (Å²) in [4.78, 5) is 6.93. The maximum absolute atomic E-state index is 9.09. The Kier molecular flexibility index (Phi) is 3.44. The number of aromatic nitrogens is 1. The normalized spacial score (nSPS) is 17.8. The quantitative estimate of drug-likeness (QED) is 0.827. The molecule has 0 atom stereocenters. The largest absolute Gasteiger partial charge is 0.396 e. The van der Waals surface area contributed by atoms with Crippen LogP contribution in [0.5, 0.6) is 0 Å². The number of aliphatic hydroxyl groups excluding tert-OH is 1. The topological polar surface area (TPSA) is 36.4 Å². The minimum Gasteiger partial charge on any atom is -0.396 e. The van der Waals surface area contributed by atoms with Crippen LogP contribution in [0.1, 0.15) is 24.1 Å². The molecule has 2 heterocycles. The molecule has 3 heteroatoms. The molecule has 0 aromatic carbocycles. The van der Waals surface area contributed by atoms with Gasteiger partial charge in [-0.25, -0.2) is 4.98 Å². The van der Waals surface area contributed by atoms with Gasteiger partial charge >= 0.3 is 0 Å². The van der Waals surface area contributed by atoms with Crippen LogP contribution in [0, 0.1) is 19.8 Å². The minimum atomic E-state index is 0.328. The Balaban J connectivity index is 2.05. The van der Waals surface area contributed by atoms with Gasteiger partial charge in [-0.2, -0.15) is 0 Å². The fraction of sp³-hybridized carbons (Fsp3) is 0.615. The van der Waals surface area contributed by atoms with Crippen molar-refractivity contribution in [2.45, 2.75) is 26.7 Å². The van der Waals surface area contributed by atoms with Crippen molar-refractivity contribution in [1.29, 1.82) is 0 Å². The summed E-state index contributed by atoms with van der Waals surface area (Å²) in [6, 6.07) is 4.23. The van der Waals surface area contributed by atoms with Crippen molar-refractivity contribution in [2.24, 2.45) is 5.92 Å². The highest BCUT2D eigenvalue weighted by molar-refractivity contribution is 5.41. The first-order chi connectivity index (χ1) is 7.70. The molecule has 0 saturated carbocycles. The van der Waals surface area contributed by atoms with E-state index < -0.39 is 0 Å². The van der Waals surface area contributed by atoms with E-state index >= 15 is 0 Å². The van der Waals surface area contributed by atoms with Gasteiger partial charge in [0.05, 0.1) is 0 Å². The van der Waals surface area contributed by atoms with Crippen molar-refractivity contribution < 1.29 is 5.11 Å². The fourth-order valence-corrected chi connectivity index (χ4v) is 2.14. The molecule has 1 fully saturated rings. The zero-order chi connectivity index (χ0) is 11.5. The van der Waals surface area contributed by atoms with E-state index in [-0.39, 0.29) is 0 Å². The van der Waals surface area contributed by atoms with Crippen LogP contribution in [0.25, 0.3) is 0 Å². The second kappa shape index (κ2) is 4.83. The predicted octanol–water partition coefficient (Wildman–Crippen LogP) is 1.91. The summed E-state index contributed by atoms with van der Waals surface area (Å²) >= 11 is 0. The van der Waals surface area contributed by atoms with Crippen LogP contribution in [-0.4, -0.2) is 29.8 Å². The van der Waals surface area contributed by atoms with E-state index in [0.717, 1.165) is 37.4 Å². The Morgan fingerprint density at radius 3 is 2.56 bits per heavy atom. The summed E-state index contributed by atoms with van der Waals surface area (Å²) in [5.41, 5.74) is 2.36. The number of rotatable bonds is 2. The number of hydrogen-bond donors (Lipinski definition) is 1. The van der Waals surface area contributed by atoms with Crippen LogP contribution in [0.15, 0.2) is 12.1 Å². The second-order valence-electron chi connectivity index (χ2n) is 4.68. The molecule has 0 amide bonds. The Morgan fingerprint density at radius 2 is 2.00 bits per heavy atom. The van der Waals surface area contributed by atoms with Crippen LogP contribution >= 0.6 is 0 Å². The Hall–Kier alpha value is -1.09. The number of nitrogens with zero attached hydrogens (tertiary/aromatic N) is 2. The molecule has 1 N–H and O–H groups in total. The van der Waals surface area contributed by atoms with Gasteiger partial charge in [0.15, 0.2) is 0 Å². The molecule has 1 aliphatic heterocycles. The maximum atomic E-state index is 9.09. The van der Waals surface area contributed by atoms with E-state index in [9.17, 15) is 0 Å². The highest BCUT2D eigenvalue weighted by atomic mass is 16.3. The smallest absolute Gasteiger partial charge is 0.128 e. The first-order valence-electron chi connectivity index (χ1n) is 6.00. The number of aryl methyl sites for hydroxylation is 2. The molecule has 1 aromatic rings. The second-order valence-corrected chi connectivity index (χ2v) is 4.68. The molecule has 16 heavy (non-hydrogen) atoms. The fourth-order valence-electron chi connectivity index (χ4n) is 2.14. The molecule has 0 bridgehead atoms. The summed E-state index contributed by atoms with van der Waals surface area (Å²) in [6.07, 6.45) is 2.15. The molecule has 0 aliphatic carbocycles. The number of hydrogen-bond acceptors (Lipinski definition) is 3. The Bertz CT molecular complexity index is 357. The average Bonchev–Trinajstić information content (AvgIpc) is 2.33. The molecule has 0 unspecified atom stereocenters. The molecule has 0 radical (unpaired) electrons. The van der Waals surface area contributed by atoms with E-state index in [1.54, 1.807) is 0 Å². The highest BCUT2D eigenvalue weighted by Gasteiger charge is 2.19. The van der Waals surface area contributed by atoms with E-state index in [0.29, 0.717) is 12.5 Å². The summed E-state index contributed by atoms with van der Waals surface area (Å²) in [6.45, 7) is 6.50. The van der Waals surface area contributed by atoms with Crippen molar-refractivity contribution in [2.75, 3.05) is 24.6 Å². The van der Waals surface area contributed by atoms with E-state index in [1.165, 1.54) is 5.56 Å². The van der Waals surface area contributed by atoms with E-state index in [2.05, 4.69) is 35.9 Å². The average molecular weight is 220 g/mol. The van der Waals surface area contributed by atoms with E-state index in [1.807, 2.05) is 0 Å². The summed E-state index contributed by atoms with van der Waals surface area (Å²) in [5, 5.41) is 9.09.